The van der Waals surface area contributed by atoms with Gasteiger partial charge in [0.25, 0.3) is 5.89 Å². The Labute approximate surface area is 177 Å². The van der Waals surface area contributed by atoms with E-state index < -0.39 is 0 Å². The number of rotatable bonds is 5. The monoisotopic (exact) mass is 421 g/mol. The number of aryl methyl sites for hydroxylation is 1. The number of oxazole rings is 2. The first-order valence-electron chi connectivity index (χ1n) is 9.63. The quantitative estimate of drug-likeness (QED) is 0.474. The van der Waals surface area contributed by atoms with E-state index in [2.05, 4.69) is 25.8 Å². The Morgan fingerprint density at radius 2 is 1.97 bits per heavy atom. The van der Waals surface area contributed by atoms with E-state index in [1.807, 2.05) is 24.4 Å². The van der Waals surface area contributed by atoms with Crippen molar-refractivity contribution in [3.63, 3.8) is 0 Å². The predicted octanol–water partition coefficient (Wildman–Crippen LogP) is 4.15. The number of thiophene rings is 1. The Morgan fingerprint density at radius 3 is 2.67 bits per heavy atom. The van der Waals surface area contributed by atoms with Gasteiger partial charge < -0.3 is 18.2 Å². The number of hydrogen-bond donors (Lipinski definition) is 0. The predicted molar refractivity (Wildman–Crippen MR) is 111 cm³/mol. The minimum Gasteiger partial charge on any atom is -0.459 e. The highest BCUT2D eigenvalue weighted by Crippen LogP contribution is 2.30. The van der Waals surface area contributed by atoms with Crippen molar-refractivity contribution >= 4 is 17.2 Å². The molecule has 0 amide bonds. The third-order valence-electron chi connectivity index (χ3n) is 5.10. The summed E-state index contributed by atoms with van der Waals surface area (Å²) in [6.07, 6.45) is 1.56. The third kappa shape index (κ3) is 3.51. The molecule has 0 saturated carbocycles. The lowest BCUT2D eigenvalue weighted by atomic mass is 10.2. The van der Waals surface area contributed by atoms with Crippen LogP contribution in [0.25, 0.3) is 22.4 Å². The molecular weight excluding hydrogens is 402 g/mol. The van der Waals surface area contributed by atoms with Crippen molar-refractivity contribution in [3.05, 3.63) is 53.1 Å². The van der Waals surface area contributed by atoms with Gasteiger partial charge in [0.15, 0.2) is 5.76 Å². The van der Waals surface area contributed by atoms with Crippen molar-refractivity contribution < 1.29 is 13.3 Å². The number of aromatic nitrogens is 2. The number of furan rings is 1. The lowest BCUT2D eigenvalue weighted by Crippen LogP contribution is -2.46. The summed E-state index contributed by atoms with van der Waals surface area (Å²) in [7, 11) is 0. The standard InChI is InChI=1S/C21H19N5O3S/c1-14-16(24-20(28-14)18-5-3-11-30-18)13-25-6-8-26(9-7-25)21-15(12-22)23-19(29-21)17-4-2-10-27-17/h2-5,10-11H,6-9,13H2,1H3. The zero-order chi connectivity index (χ0) is 20.5. The molecule has 5 rings (SSSR count). The summed E-state index contributed by atoms with van der Waals surface area (Å²) >= 11 is 1.62. The van der Waals surface area contributed by atoms with Gasteiger partial charge in [0, 0.05) is 32.7 Å². The molecule has 0 unspecified atom stereocenters. The molecule has 1 aliphatic rings. The molecule has 8 nitrogen and oxygen atoms in total. The summed E-state index contributed by atoms with van der Waals surface area (Å²) in [6.45, 7) is 5.80. The van der Waals surface area contributed by atoms with E-state index in [1.54, 1.807) is 29.7 Å². The van der Waals surface area contributed by atoms with Crippen molar-refractivity contribution in [3.8, 4) is 28.5 Å². The maximum atomic E-state index is 9.46. The molecule has 4 aromatic heterocycles. The van der Waals surface area contributed by atoms with Crippen LogP contribution in [0.2, 0.25) is 0 Å². The summed E-state index contributed by atoms with van der Waals surface area (Å²) in [6, 6.07) is 9.66. The largest absolute Gasteiger partial charge is 0.459 e. The van der Waals surface area contributed by atoms with E-state index in [1.165, 1.54) is 0 Å². The molecule has 4 aromatic rings. The van der Waals surface area contributed by atoms with Crippen molar-refractivity contribution in [1.82, 2.24) is 14.9 Å². The Balaban J connectivity index is 1.26. The second kappa shape index (κ2) is 7.82. The fraction of sp³-hybridized carbons (Fsp3) is 0.286. The molecule has 0 aromatic carbocycles. The van der Waals surface area contributed by atoms with E-state index in [0.29, 0.717) is 23.4 Å². The zero-order valence-corrected chi connectivity index (χ0v) is 17.2. The minimum absolute atomic E-state index is 0.280. The second-order valence-corrected chi connectivity index (χ2v) is 7.97. The Bertz CT molecular complexity index is 1160. The molecule has 1 fully saturated rings. The van der Waals surface area contributed by atoms with Crippen LogP contribution < -0.4 is 4.90 Å². The molecule has 0 N–H and O–H groups in total. The average molecular weight is 421 g/mol. The first-order valence-corrected chi connectivity index (χ1v) is 10.5. The lowest BCUT2D eigenvalue weighted by Gasteiger charge is -2.34. The van der Waals surface area contributed by atoms with E-state index in [4.69, 9.17) is 13.3 Å². The lowest BCUT2D eigenvalue weighted by molar-refractivity contribution is 0.242. The summed E-state index contributed by atoms with van der Waals surface area (Å²) < 4.78 is 17.0. The van der Waals surface area contributed by atoms with Crippen LogP contribution in [0.5, 0.6) is 0 Å². The van der Waals surface area contributed by atoms with E-state index >= 15 is 0 Å². The van der Waals surface area contributed by atoms with Crippen LogP contribution in [-0.4, -0.2) is 41.0 Å². The molecule has 0 spiro atoms. The first kappa shape index (κ1) is 18.7. The van der Waals surface area contributed by atoms with Crippen molar-refractivity contribution in [2.24, 2.45) is 0 Å². The summed E-state index contributed by atoms with van der Waals surface area (Å²) in [5.74, 6) is 2.88. The van der Waals surface area contributed by atoms with Crippen LogP contribution >= 0.6 is 11.3 Å². The number of nitriles is 1. The molecule has 1 aliphatic heterocycles. The number of hydrogen-bond acceptors (Lipinski definition) is 9. The van der Waals surface area contributed by atoms with Crippen LogP contribution in [0, 0.1) is 18.3 Å². The highest BCUT2D eigenvalue weighted by Gasteiger charge is 2.26. The topological polar surface area (TPSA) is 95.5 Å². The number of anilines is 1. The SMILES string of the molecule is Cc1oc(-c2cccs2)nc1CN1CCN(c2oc(-c3ccco3)nc2C#N)CC1. The fourth-order valence-electron chi connectivity index (χ4n) is 3.51. The summed E-state index contributed by atoms with van der Waals surface area (Å²) in [5.41, 5.74) is 1.24. The first-order chi connectivity index (χ1) is 14.7. The molecule has 152 valence electrons. The van der Waals surface area contributed by atoms with Crippen LogP contribution in [0.1, 0.15) is 17.1 Å². The van der Waals surface area contributed by atoms with Gasteiger partial charge in [-0.2, -0.15) is 10.2 Å². The normalized spacial score (nSPS) is 14.9. The molecule has 0 radical (unpaired) electrons. The molecule has 0 atom stereocenters. The molecule has 9 heteroatoms. The van der Waals surface area contributed by atoms with Gasteiger partial charge in [0.05, 0.1) is 16.8 Å². The van der Waals surface area contributed by atoms with Gasteiger partial charge in [-0.05, 0) is 30.5 Å². The Kier molecular flexibility index (Phi) is 4.86. The van der Waals surface area contributed by atoms with Crippen molar-refractivity contribution in [1.29, 1.82) is 5.26 Å². The van der Waals surface area contributed by atoms with Gasteiger partial charge in [-0.15, -0.1) is 11.3 Å². The van der Waals surface area contributed by atoms with Gasteiger partial charge in [0.2, 0.25) is 17.5 Å². The second-order valence-electron chi connectivity index (χ2n) is 7.02. The highest BCUT2D eigenvalue weighted by molar-refractivity contribution is 7.13. The number of nitrogens with zero attached hydrogens (tertiary/aromatic N) is 5. The summed E-state index contributed by atoms with van der Waals surface area (Å²) in [5, 5.41) is 11.5. The third-order valence-corrected chi connectivity index (χ3v) is 5.96. The van der Waals surface area contributed by atoms with Crippen LogP contribution in [0.15, 0.2) is 49.2 Å². The maximum Gasteiger partial charge on any atom is 0.266 e. The molecule has 30 heavy (non-hydrogen) atoms. The zero-order valence-electron chi connectivity index (χ0n) is 16.4. The van der Waals surface area contributed by atoms with Crippen molar-refractivity contribution in [2.75, 3.05) is 31.1 Å². The minimum atomic E-state index is 0.280. The molecule has 1 saturated heterocycles. The van der Waals surface area contributed by atoms with Gasteiger partial charge in [0.1, 0.15) is 11.8 Å². The molecule has 0 aliphatic carbocycles. The van der Waals surface area contributed by atoms with Crippen LogP contribution in [0.3, 0.4) is 0 Å². The maximum absolute atomic E-state index is 9.46. The van der Waals surface area contributed by atoms with Gasteiger partial charge in [-0.1, -0.05) is 6.07 Å². The van der Waals surface area contributed by atoms with E-state index in [-0.39, 0.29) is 5.69 Å². The van der Waals surface area contributed by atoms with E-state index in [0.717, 1.165) is 49.1 Å². The Hall–Kier alpha value is -3.35. The molecular formula is C21H19N5O3S. The van der Waals surface area contributed by atoms with Gasteiger partial charge in [-0.3, -0.25) is 4.90 Å². The van der Waals surface area contributed by atoms with Crippen molar-refractivity contribution in [2.45, 2.75) is 13.5 Å². The Morgan fingerprint density at radius 1 is 1.10 bits per heavy atom. The van der Waals surface area contributed by atoms with E-state index in [9.17, 15) is 5.26 Å². The summed E-state index contributed by atoms with van der Waals surface area (Å²) in [4.78, 5) is 14.4. The molecule has 0 bridgehead atoms. The smallest absolute Gasteiger partial charge is 0.266 e. The van der Waals surface area contributed by atoms with Crippen LogP contribution in [0.4, 0.5) is 5.88 Å². The average Bonchev–Trinajstić information content (AvgIpc) is 3.55. The van der Waals surface area contributed by atoms with Gasteiger partial charge >= 0.3 is 0 Å². The fourth-order valence-corrected chi connectivity index (χ4v) is 4.16. The van der Waals surface area contributed by atoms with Crippen LogP contribution in [-0.2, 0) is 6.54 Å². The molecule has 5 heterocycles. The highest BCUT2D eigenvalue weighted by atomic mass is 32.1. The number of piperazine rings is 1. The van der Waals surface area contributed by atoms with Gasteiger partial charge in [-0.25, -0.2) is 4.98 Å².